The Morgan fingerprint density at radius 1 is 1.07 bits per heavy atom. The van der Waals surface area contributed by atoms with E-state index in [1.165, 1.54) is 5.56 Å². The summed E-state index contributed by atoms with van der Waals surface area (Å²) in [5.41, 5.74) is 2.43. The van der Waals surface area contributed by atoms with E-state index >= 15 is 0 Å². The number of hydrogen-bond acceptors (Lipinski definition) is 4. The fourth-order valence-electron chi connectivity index (χ4n) is 3.74. The summed E-state index contributed by atoms with van der Waals surface area (Å²) in [5, 5.41) is 11.8. The fraction of sp³-hybridized carbons (Fsp3) is 0.391. The number of hydrogen-bond donors (Lipinski definition) is 1. The zero-order valence-electron chi connectivity index (χ0n) is 16.7. The highest BCUT2D eigenvalue weighted by Gasteiger charge is 2.31. The molecular formula is C23H26N4O2. The predicted octanol–water partition coefficient (Wildman–Crippen LogP) is 3.40. The van der Waals surface area contributed by atoms with Gasteiger partial charge in [0, 0.05) is 43.5 Å². The van der Waals surface area contributed by atoms with Crippen molar-refractivity contribution in [3.05, 3.63) is 59.9 Å². The van der Waals surface area contributed by atoms with Crippen molar-refractivity contribution in [2.75, 3.05) is 18.9 Å². The summed E-state index contributed by atoms with van der Waals surface area (Å²) in [5.74, 6) is 0.0878. The first-order valence-electron chi connectivity index (χ1n) is 10.0. The molecule has 0 atom stereocenters. The highest BCUT2D eigenvalue weighted by molar-refractivity contribution is 5.92. The molecule has 1 aliphatic carbocycles. The second-order valence-corrected chi connectivity index (χ2v) is 7.59. The molecule has 29 heavy (non-hydrogen) atoms. The fourth-order valence-corrected chi connectivity index (χ4v) is 3.74. The molecule has 1 heterocycles. The summed E-state index contributed by atoms with van der Waals surface area (Å²) in [6.07, 6.45) is 7.26. The smallest absolute Gasteiger partial charge is 0.227 e. The van der Waals surface area contributed by atoms with Crippen molar-refractivity contribution in [2.24, 2.45) is 11.8 Å². The molecule has 2 aromatic rings. The molecule has 2 amide bonds. The first-order valence-corrected chi connectivity index (χ1v) is 10.0. The molecular weight excluding hydrogens is 364 g/mol. The summed E-state index contributed by atoms with van der Waals surface area (Å²) < 4.78 is 0. The van der Waals surface area contributed by atoms with Crippen LogP contribution >= 0.6 is 0 Å². The van der Waals surface area contributed by atoms with Gasteiger partial charge in [-0.2, -0.15) is 5.26 Å². The Hall–Kier alpha value is -3.20. The Morgan fingerprint density at radius 2 is 1.69 bits per heavy atom. The van der Waals surface area contributed by atoms with Crippen LogP contribution in [0.3, 0.4) is 0 Å². The first-order chi connectivity index (χ1) is 14.1. The lowest BCUT2D eigenvalue weighted by Crippen LogP contribution is -2.37. The van der Waals surface area contributed by atoms with Gasteiger partial charge in [0.2, 0.25) is 11.8 Å². The zero-order valence-corrected chi connectivity index (χ0v) is 16.7. The maximum absolute atomic E-state index is 12.7. The second-order valence-electron chi connectivity index (χ2n) is 7.59. The molecule has 1 fully saturated rings. The number of nitrogens with zero attached hydrogens (tertiary/aromatic N) is 3. The lowest BCUT2D eigenvalue weighted by atomic mass is 9.81. The van der Waals surface area contributed by atoms with Gasteiger partial charge in [-0.25, -0.2) is 0 Å². The zero-order chi connectivity index (χ0) is 20.6. The standard InChI is InChI=1S/C23H26N4O2/c1-27(15-12-17-10-13-25-14-11-17)23(29)20-6-4-19(5-7-20)22(28)26-21-8-2-18(16-24)3-9-21/h2-3,8-11,13-14,19-20H,4-7,12,15H2,1H3,(H,26,28). The summed E-state index contributed by atoms with van der Waals surface area (Å²) in [7, 11) is 1.85. The average Bonchev–Trinajstić information content (AvgIpc) is 2.78. The van der Waals surface area contributed by atoms with E-state index in [0.29, 0.717) is 17.8 Å². The quantitative estimate of drug-likeness (QED) is 0.819. The summed E-state index contributed by atoms with van der Waals surface area (Å²) in [6, 6.07) is 12.9. The van der Waals surface area contributed by atoms with Gasteiger partial charge < -0.3 is 10.2 Å². The Labute approximate surface area is 171 Å². The topological polar surface area (TPSA) is 86.1 Å². The predicted molar refractivity (Wildman–Crippen MR) is 111 cm³/mol. The van der Waals surface area contributed by atoms with Crippen LogP contribution in [-0.2, 0) is 16.0 Å². The van der Waals surface area contributed by atoms with Crippen LogP contribution in [0.25, 0.3) is 0 Å². The molecule has 0 saturated heterocycles. The summed E-state index contributed by atoms with van der Waals surface area (Å²) in [6.45, 7) is 0.682. The van der Waals surface area contributed by atoms with E-state index in [-0.39, 0.29) is 23.7 Å². The van der Waals surface area contributed by atoms with Gasteiger partial charge >= 0.3 is 0 Å². The van der Waals surface area contributed by atoms with Crippen LogP contribution in [0, 0.1) is 23.2 Å². The van der Waals surface area contributed by atoms with E-state index in [1.54, 1.807) is 36.7 Å². The van der Waals surface area contributed by atoms with Gasteiger partial charge in [0.05, 0.1) is 11.6 Å². The van der Waals surface area contributed by atoms with Crippen LogP contribution < -0.4 is 5.32 Å². The van der Waals surface area contributed by atoms with E-state index < -0.39 is 0 Å². The number of anilines is 1. The molecule has 6 heteroatoms. The number of benzene rings is 1. The minimum Gasteiger partial charge on any atom is -0.345 e. The number of carbonyl (C=O) groups is 2. The lowest BCUT2D eigenvalue weighted by molar-refractivity contribution is -0.136. The van der Waals surface area contributed by atoms with Gasteiger partial charge in [-0.3, -0.25) is 14.6 Å². The van der Waals surface area contributed by atoms with Gasteiger partial charge in [-0.15, -0.1) is 0 Å². The van der Waals surface area contributed by atoms with Crippen molar-refractivity contribution in [3.8, 4) is 6.07 Å². The van der Waals surface area contributed by atoms with Crippen LogP contribution in [0.5, 0.6) is 0 Å². The molecule has 3 rings (SSSR count). The summed E-state index contributed by atoms with van der Waals surface area (Å²) in [4.78, 5) is 31.1. The van der Waals surface area contributed by atoms with E-state index in [9.17, 15) is 9.59 Å². The molecule has 6 nitrogen and oxygen atoms in total. The number of nitrogens with one attached hydrogen (secondary N) is 1. The van der Waals surface area contributed by atoms with Crippen LogP contribution in [0.4, 0.5) is 5.69 Å². The maximum atomic E-state index is 12.7. The minimum absolute atomic E-state index is 0.00333. The Kier molecular flexibility index (Phi) is 6.96. The molecule has 1 aromatic carbocycles. The maximum Gasteiger partial charge on any atom is 0.227 e. The second kappa shape index (κ2) is 9.83. The SMILES string of the molecule is CN(CCc1ccncc1)C(=O)C1CCC(C(=O)Nc2ccc(C#N)cc2)CC1. The van der Waals surface area contributed by atoms with Gasteiger partial charge in [-0.1, -0.05) is 0 Å². The number of likely N-dealkylation sites (N-methyl/N-ethyl adjacent to an activating group) is 1. The molecule has 1 aliphatic rings. The number of nitriles is 1. The monoisotopic (exact) mass is 390 g/mol. The number of carbonyl (C=O) groups excluding carboxylic acids is 2. The third-order valence-corrected chi connectivity index (χ3v) is 5.59. The number of aromatic nitrogens is 1. The molecule has 1 aromatic heterocycles. The molecule has 0 aliphatic heterocycles. The van der Waals surface area contributed by atoms with E-state index in [4.69, 9.17) is 5.26 Å². The number of pyridine rings is 1. The molecule has 0 radical (unpaired) electrons. The largest absolute Gasteiger partial charge is 0.345 e. The van der Waals surface area contributed by atoms with Crippen LogP contribution in [0.15, 0.2) is 48.8 Å². The van der Waals surface area contributed by atoms with Crippen molar-refractivity contribution in [1.29, 1.82) is 5.26 Å². The van der Waals surface area contributed by atoms with E-state index in [0.717, 1.165) is 32.1 Å². The van der Waals surface area contributed by atoms with Crippen molar-refractivity contribution in [1.82, 2.24) is 9.88 Å². The molecule has 0 unspecified atom stereocenters. The highest BCUT2D eigenvalue weighted by Crippen LogP contribution is 2.31. The van der Waals surface area contributed by atoms with Gasteiger partial charge in [0.15, 0.2) is 0 Å². The van der Waals surface area contributed by atoms with Crippen molar-refractivity contribution >= 4 is 17.5 Å². The van der Waals surface area contributed by atoms with E-state index in [2.05, 4.69) is 16.4 Å². The Balaban J connectivity index is 1.44. The van der Waals surface area contributed by atoms with Crippen molar-refractivity contribution in [3.63, 3.8) is 0 Å². The van der Waals surface area contributed by atoms with Gasteiger partial charge in [0.25, 0.3) is 0 Å². The molecule has 0 spiro atoms. The van der Waals surface area contributed by atoms with Gasteiger partial charge in [-0.05, 0) is 74.1 Å². The number of amides is 2. The van der Waals surface area contributed by atoms with Crippen LogP contribution in [0.1, 0.15) is 36.8 Å². The molecule has 0 bridgehead atoms. The normalized spacial score (nSPS) is 18.5. The molecule has 1 N–H and O–H groups in total. The van der Waals surface area contributed by atoms with Crippen LogP contribution in [0.2, 0.25) is 0 Å². The number of rotatable bonds is 6. The molecule has 150 valence electrons. The Bertz CT molecular complexity index is 866. The Morgan fingerprint density at radius 3 is 2.31 bits per heavy atom. The molecule has 1 saturated carbocycles. The summed E-state index contributed by atoms with van der Waals surface area (Å²) >= 11 is 0. The highest BCUT2D eigenvalue weighted by atomic mass is 16.2. The minimum atomic E-state index is -0.0724. The van der Waals surface area contributed by atoms with Crippen LogP contribution in [-0.4, -0.2) is 35.3 Å². The van der Waals surface area contributed by atoms with Crippen molar-refractivity contribution in [2.45, 2.75) is 32.1 Å². The first kappa shape index (κ1) is 20.5. The van der Waals surface area contributed by atoms with E-state index in [1.807, 2.05) is 24.1 Å². The average molecular weight is 390 g/mol. The third kappa shape index (κ3) is 5.64. The third-order valence-electron chi connectivity index (χ3n) is 5.59. The lowest BCUT2D eigenvalue weighted by Gasteiger charge is -2.30. The van der Waals surface area contributed by atoms with Gasteiger partial charge in [0.1, 0.15) is 0 Å². The van der Waals surface area contributed by atoms with Crippen molar-refractivity contribution < 1.29 is 9.59 Å².